The maximum Gasteiger partial charge on any atom is 0.252 e. The van der Waals surface area contributed by atoms with E-state index < -0.39 is 10.0 Å². The molecule has 2 aromatic rings. The maximum atomic E-state index is 13.2. The molecule has 1 N–H and O–H groups in total. The van der Waals surface area contributed by atoms with E-state index in [2.05, 4.69) is 10.3 Å². The van der Waals surface area contributed by atoms with E-state index in [1.807, 2.05) is 25.3 Å². The van der Waals surface area contributed by atoms with Gasteiger partial charge in [-0.1, -0.05) is 6.92 Å². The van der Waals surface area contributed by atoms with Gasteiger partial charge < -0.3 is 5.32 Å². The van der Waals surface area contributed by atoms with Gasteiger partial charge in [0.2, 0.25) is 0 Å². The number of nitrogens with one attached hydrogen (secondary N) is 1. The third-order valence-electron chi connectivity index (χ3n) is 4.18. The Hall–Kier alpha value is -0.510. The van der Waals surface area contributed by atoms with Crippen LogP contribution in [0.5, 0.6) is 0 Å². The third-order valence-corrected chi connectivity index (χ3v) is 8.48. The number of aromatic nitrogens is 1. The molecule has 1 aliphatic heterocycles. The van der Waals surface area contributed by atoms with Crippen molar-refractivity contribution in [2.45, 2.75) is 43.4 Å². The first-order valence-electron chi connectivity index (χ1n) is 8.27. The number of thiophene rings is 1. The van der Waals surface area contributed by atoms with Crippen molar-refractivity contribution < 1.29 is 8.42 Å². The van der Waals surface area contributed by atoms with E-state index >= 15 is 0 Å². The fraction of sp³-hybridized carbons (Fsp3) is 0.562. The topological polar surface area (TPSA) is 62.3 Å². The lowest BCUT2D eigenvalue weighted by Gasteiger charge is -2.33. The van der Waals surface area contributed by atoms with E-state index in [9.17, 15) is 8.42 Å². The Labute approximate surface area is 163 Å². The molecule has 0 aliphatic carbocycles. The van der Waals surface area contributed by atoms with E-state index in [-0.39, 0.29) is 18.4 Å². The minimum atomic E-state index is -3.44. The zero-order chi connectivity index (χ0) is 17.2. The van der Waals surface area contributed by atoms with Gasteiger partial charge in [-0.15, -0.1) is 35.1 Å². The highest BCUT2D eigenvalue weighted by atomic mass is 35.5. The molecule has 0 aromatic carbocycles. The average Bonchev–Trinajstić information content (AvgIpc) is 3.22. The van der Waals surface area contributed by atoms with Crippen LogP contribution in [-0.4, -0.2) is 43.4 Å². The molecule has 140 valence electrons. The number of rotatable bonds is 6. The van der Waals surface area contributed by atoms with Gasteiger partial charge in [0, 0.05) is 18.0 Å². The number of nitrogens with zero attached hydrogens (tertiary/aromatic N) is 2. The second kappa shape index (κ2) is 8.92. The maximum absolute atomic E-state index is 13.2. The van der Waals surface area contributed by atoms with E-state index in [0.717, 1.165) is 47.9 Å². The minimum Gasteiger partial charge on any atom is -0.317 e. The summed E-state index contributed by atoms with van der Waals surface area (Å²) in [7, 11) is -3.44. The molecule has 0 bridgehead atoms. The van der Waals surface area contributed by atoms with Crippen molar-refractivity contribution in [3.05, 3.63) is 22.5 Å². The molecular weight excluding hydrogens is 398 g/mol. The van der Waals surface area contributed by atoms with Crippen molar-refractivity contribution in [3.8, 4) is 10.6 Å². The van der Waals surface area contributed by atoms with Crippen molar-refractivity contribution in [2.24, 2.45) is 0 Å². The Morgan fingerprint density at radius 3 is 2.64 bits per heavy atom. The van der Waals surface area contributed by atoms with Gasteiger partial charge in [0.15, 0.2) is 0 Å². The third kappa shape index (κ3) is 4.61. The highest BCUT2D eigenvalue weighted by Crippen LogP contribution is 2.34. The summed E-state index contributed by atoms with van der Waals surface area (Å²) in [4.78, 5) is 5.38. The van der Waals surface area contributed by atoms with Gasteiger partial charge in [-0.25, -0.2) is 13.4 Å². The van der Waals surface area contributed by atoms with Crippen LogP contribution in [0.2, 0.25) is 0 Å². The number of aryl methyl sites for hydroxylation is 1. The van der Waals surface area contributed by atoms with E-state index in [0.29, 0.717) is 10.8 Å². The fourth-order valence-corrected chi connectivity index (χ4v) is 6.86. The Morgan fingerprint density at radius 1 is 1.32 bits per heavy atom. The van der Waals surface area contributed by atoms with E-state index in [1.165, 1.54) is 11.3 Å². The predicted octanol–water partition coefficient (Wildman–Crippen LogP) is 3.75. The monoisotopic (exact) mass is 421 g/mol. The molecule has 25 heavy (non-hydrogen) atoms. The van der Waals surface area contributed by atoms with Gasteiger partial charge in [0.05, 0.1) is 15.6 Å². The molecule has 0 amide bonds. The standard InChI is InChI=1S/C16H23N3O2S3.ClH/c1-3-10-19(13-6-8-17-9-7-13)24(20,21)16-5-4-15(23-16)14-11-22-12(2)18-14;/h4-5,11,13,17H,3,6-10H2,1-2H3;1H. The molecule has 0 unspecified atom stereocenters. The van der Waals surface area contributed by atoms with Crippen LogP contribution in [0.25, 0.3) is 10.6 Å². The molecule has 9 heteroatoms. The molecule has 1 fully saturated rings. The highest BCUT2D eigenvalue weighted by molar-refractivity contribution is 7.91. The van der Waals surface area contributed by atoms with Crippen LogP contribution in [-0.2, 0) is 10.0 Å². The quantitative estimate of drug-likeness (QED) is 0.771. The van der Waals surface area contributed by atoms with Gasteiger partial charge in [-0.05, 0) is 51.4 Å². The number of hydrogen-bond acceptors (Lipinski definition) is 6. The van der Waals surface area contributed by atoms with E-state index in [1.54, 1.807) is 21.7 Å². The Balaban J connectivity index is 0.00000225. The second-order valence-electron chi connectivity index (χ2n) is 5.97. The molecule has 0 radical (unpaired) electrons. The van der Waals surface area contributed by atoms with Crippen LogP contribution < -0.4 is 5.32 Å². The predicted molar refractivity (Wildman–Crippen MR) is 107 cm³/mol. The van der Waals surface area contributed by atoms with E-state index in [4.69, 9.17) is 0 Å². The van der Waals surface area contributed by atoms with Crippen molar-refractivity contribution in [1.29, 1.82) is 0 Å². The first-order chi connectivity index (χ1) is 11.5. The summed E-state index contributed by atoms with van der Waals surface area (Å²) >= 11 is 2.91. The molecule has 3 heterocycles. The summed E-state index contributed by atoms with van der Waals surface area (Å²) in [6, 6.07) is 3.70. The smallest absolute Gasteiger partial charge is 0.252 e. The van der Waals surface area contributed by atoms with Crippen LogP contribution in [0.15, 0.2) is 21.7 Å². The summed E-state index contributed by atoms with van der Waals surface area (Å²) in [5.41, 5.74) is 0.868. The number of piperidine rings is 1. The molecule has 2 aromatic heterocycles. The second-order valence-corrected chi connectivity index (χ2v) is 10.2. The lowest BCUT2D eigenvalue weighted by atomic mass is 10.1. The Kier molecular flexibility index (Phi) is 7.42. The highest BCUT2D eigenvalue weighted by Gasteiger charge is 2.32. The number of sulfonamides is 1. The Morgan fingerprint density at radius 2 is 2.04 bits per heavy atom. The van der Waals surface area contributed by atoms with Crippen LogP contribution in [0, 0.1) is 6.92 Å². The summed E-state index contributed by atoms with van der Waals surface area (Å²) in [6.45, 7) is 6.33. The molecular formula is C16H24ClN3O2S3. The van der Waals surface area contributed by atoms with Crippen molar-refractivity contribution >= 4 is 45.1 Å². The van der Waals surface area contributed by atoms with Crippen molar-refractivity contribution in [2.75, 3.05) is 19.6 Å². The van der Waals surface area contributed by atoms with Gasteiger partial charge in [-0.3, -0.25) is 0 Å². The lowest BCUT2D eigenvalue weighted by Crippen LogP contribution is -2.46. The zero-order valence-corrected chi connectivity index (χ0v) is 17.7. The molecule has 0 spiro atoms. The van der Waals surface area contributed by atoms with Crippen LogP contribution >= 0.6 is 35.1 Å². The SMILES string of the molecule is CCCN(C1CCNCC1)S(=O)(=O)c1ccc(-c2csc(C)n2)s1.Cl. The average molecular weight is 422 g/mol. The van der Waals surface area contributed by atoms with Crippen LogP contribution in [0.1, 0.15) is 31.2 Å². The van der Waals surface area contributed by atoms with Crippen LogP contribution in [0.3, 0.4) is 0 Å². The summed E-state index contributed by atoms with van der Waals surface area (Å²) in [6.07, 6.45) is 2.58. The number of thiazole rings is 1. The van der Waals surface area contributed by atoms with Gasteiger partial charge in [0.1, 0.15) is 4.21 Å². The molecule has 5 nitrogen and oxygen atoms in total. The van der Waals surface area contributed by atoms with Crippen LogP contribution in [0.4, 0.5) is 0 Å². The first-order valence-corrected chi connectivity index (χ1v) is 11.4. The molecule has 0 atom stereocenters. The minimum absolute atomic E-state index is 0. The van der Waals surface area contributed by atoms with Gasteiger partial charge in [-0.2, -0.15) is 4.31 Å². The van der Waals surface area contributed by atoms with Crippen molar-refractivity contribution in [3.63, 3.8) is 0 Å². The molecule has 3 rings (SSSR count). The normalized spacial score (nSPS) is 16.1. The zero-order valence-electron chi connectivity index (χ0n) is 14.4. The molecule has 1 aliphatic rings. The lowest BCUT2D eigenvalue weighted by molar-refractivity contribution is 0.263. The first kappa shape index (κ1) is 20.8. The van der Waals surface area contributed by atoms with Gasteiger partial charge >= 0.3 is 0 Å². The number of halogens is 1. The molecule has 1 saturated heterocycles. The fourth-order valence-electron chi connectivity index (χ4n) is 3.00. The van der Waals surface area contributed by atoms with Gasteiger partial charge in [0.25, 0.3) is 10.0 Å². The Bertz CT molecular complexity index is 782. The number of hydrogen-bond donors (Lipinski definition) is 1. The van der Waals surface area contributed by atoms with Crippen molar-refractivity contribution in [1.82, 2.24) is 14.6 Å². The summed E-state index contributed by atoms with van der Waals surface area (Å²) in [5, 5.41) is 6.28. The molecule has 0 saturated carbocycles. The summed E-state index contributed by atoms with van der Waals surface area (Å²) < 4.78 is 28.5. The summed E-state index contributed by atoms with van der Waals surface area (Å²) in [5.74, 6) is 0. The largest absolute Gasteiger partial charge is 0.317 e.